The van der Waals surface area contributed by atoms with Crippen molar-refractivity contribution >= 4 is 34.2 Å². The lowest BCUT2D eigenvalue weighted by Gasteiger charge is -2.12. The molecule has 0 aromatic carbocycles. The van der Waals surface area contributed by atoms with Crippen molar-refractivity contribution in [1.29, 1.82) is 0 Å². The summed E-state index contributed by atoms with van der Waals surface area (Å²) in [6.07, 6.45) is -5.95. The Morgan fingerprint density at radius 2 is 2.16 bits per heavy atom. The molecule has 0 atom stereocenters. The highest BCUT2D eigenvalue weighted by Crippen LogP contribution is 2.31. The third kappa shape index (κ3) is 4.50. The first-order valence-electron chi connectivity index (χ1n) is 4.41. The van der Waals surface area contributed by atoms with Crippen LogP contribution in [0.15, 0.2) is 6.07 Å². The van der Waals surface area contributed by atoms with Crippen LogP contribution in [0.3, 0.4) is 0 Å². The van der Waals surface area contributed by atoms with Crippen molar-refractivity contribution in [3.8, 4) is 5.75 Å². The fourth-order valence-corrected chi connectivity index (χ4v) is 1.75. The Hall–Kier alpha value is -1.66. The first-order valence-corrected chi connectivity index (χ1v) is 5.49. The van der Waals surface area contributed by atoms with Crippen LogP contribution < -0.4 is 4.74 Å². The molecule has 104 valence electrons. The van der Waals surface area contributed by atoms with E-state index in [1.807, 2.05) is 0 Å². The quantitative estimate of drug-likeness (QED) is 0.365. The van der Waals surface area contributed by atoms with Crippen molar-refractivity contribution in [2.45, 2.75) is 12.8 Å². The molecule has 11 heteroatoms. The van der Waals surface area contributed by atoms with Gasteiger partial charge in [0.05, 0.1) is 23.1 Å². The molecular weight excluding hydrogens is 388 g/mol. The standard InChI is InChI=1S/C8H4F3IN2O5/c9-8(10,11)19-5-2-4(14(17)18)7(12)13-3(5)1-6(15)16/h2H,1H2,(H,15,16). The number of alkyl halides is 3. The molecule has 1 aromatic rings. The SMILES string of the molecule is O=C(O)Cc1nc(I)c([N+](=O)[O-])cc1OC(F)(F)F. The lowest BCUT2D eigenvalue weighted by Crippen LogP contribution is -2.20. The van der Waals surface area contributed by atoms with Crippen molar-refractivity contribution in [2.75, 3.05) is 0 Å². The molecule has 0 amide bonds. The fourth-order valence-electron chi connectivity index (χ4n) is 1.11. The van der Waals surface area contributed by atoms with Crippen LogP contribution in [0.1, 0.15) is 5.69 Å². The van der Waals surface area contributed by atoms with Crippen LogP contribution in [0.25, 0.3) is 0 Å². The first kappa shape index (κ1) is 15.4. The molecule has 1 rings (SSSR count). The van der Waals surface area contributed by atoms with E-state index < -0.39 is 40.8 Å². The van der Waals surface area contributed by atoms with Crippen molar-refractivity contribution in [2.24, 2.45) is 0 Å². The molecular formula is C8H4F3IN2O5. The van der Waals surface area contributed by atoms with Gasteiger partial charge in [0, 0.05) is 0 Å². The molecule has 1 heterocycles. The van der Waals surface area contributed by atoms with Gasteiger partial charge in [-0.05, 0) is 22.6 Å². The molecule has 0 aliphatic rings. The fraction of sp³-hybridized carbons (Fsp3) is 0.250. The maximum absolute atomic E-state index is 12.1. The van der Waals surface area contributed by atoms with Crippen LogP contribution in [0.5, 0.6) is 5.75 Å². The zero-order chi connectivity index (χ0) is 14.8. The van der Waals surface area contributed by atoms with Crippen LogP contribution in [-0.4, -0.2) is 27.3 Å². The second kappa shape index (κ2) is 5.54. The third-order valence-electron chi connectivity index (χ3n) is 1.74. The number of carbonyl (C=O) groups is 1. The lowest BCUT2D eigenvalue weighted by atomic mass is 10.2. The van der Waals surface area contributed by atoms with E-state index in [0.717, 1.165) is 0 Å². The molecule has 0 unspecified atom stereocenters. The summed E-state index contributed by atoms with van der Waals surface area (Å²) in [5.41, 5.74) is -1.24. The van der Waals surface area contributed by atoms with Crippen LogP contribution in [-0.2, 0) is 11.2 Å². The molecule has 0 aliphatic carbocycles. The molecule has 1 N–H and O–H groups in total. The first-order chi connectivity index (χ1) is 8.60. The van der Waals surface area contributed by atoms with Gasteiger partial charge in [-0.1, -0.05) is 0 Å². The van der Waals surface area contributed by atoms with Gasteiger partial charge in [0.15, 0.2) is 9.45 Å². The summed E-state index contributed by atoms with van der Waals surface area (Å²) in [5.74, 6) is -2.44. The Balaban J connectivity index is 3.32. The molecule has 0 saturated heterocycles. The molecule has 0 radical (unpaired) electrons. The predicted molar refractivity (Wildman–Crippen MR) is 61.6 cm³/mol. The van der Waals surface area contributed by atoms with Gasteiger partial charge in [-0.15, -0.1) is 13.2 Å². The van der Waals surface area contributed by atoms with Gasteiger partial charge in [0.1, 0.15) is 0 Å². The number of hydrogen-bond acceptors (Lipinski definition) is 5. The number of pyridine rings is 1. The number of carboxylic acids is 1. The molecule has 19 heavy (non-hydrogen) atoms. The number of hydrogen-bond donors (Lipinski definition) is 1. The Morgan fingerprint density at radius 1 is 1.58 bits per heavy atom. The highest BCUT2D eigenvalue weighted by molar-refractivity contribution is 14.1. The number of aromatic nitrogens is 1. The lowest BCUT2D eigenvalue weighted by molar-refractivity contribution is -0.386. The van der Waals surface area contributed by atoms with Crippen LogP contribution >= 0.6 is 22.6 Å². The topological polar surface area (TPSA) is 103 Å². The molecule has 1 aromatic heterocycles. The number of carboxylic acid groups (broad SMARTS) is 1. The Labute approximate surface area is 116 Å². The number of aliphatic carboxylic acids is 1. The van der Waals surface area contributed by atoms with Crippen LogP contribution in [0.2, 0.25) is 0 Å². The van der Waals surface area contributed by atoms with E-state index in [1.165, 1.54) is 22.6 Å². The Bertz CT molecular complexity index is 534. The van der Waals surface area contributed by atoms with Crippen molar-refractivity contribution < 1.29 is 32.7 Å². The second-order valence-corrected chi connectivity index (χ2v) is 4.14. The summed E-state index contributed by atoms with van der Waals surface area (Å²) in [6, 6.07) is 0.501. The second-order valence-electron chi connectivity index (χ2n) is 3.12. The van der Waals surface area contributed by atoms with Crippen LogP contribution in [0.4, 0.5) is 18.9 Å². The van der Waals surface area contributed by atoms with E-state index in [1.54, 1.807) is 0 Å². The molecule has 7 nitrogen and oxygen atoms in total. The normalized spacial score (nSPS) is 11.2. The summed E-state index contributed by atoms with van der Waals surface area (Å²) in [7, 11) is 0. The van der Waals surface area contributed by atoms with E-state index in [4.69, 9.17) is 5.11 Å². The van der Waals surface area contributed by atoms with E-state index >= 15 is 0 Å². The predicted octanol–water partition coefficient (Wildman–Crippen LogP) is 2.12. The highest BCUT2D eigenvalue weighted by atomic mass is 127. The summed E-state index contributed by atoms with van der Waals surface area (Å²) in [4.78, 5) is 23.6. The van der Waals surface area contributed by atoms with E-state index in [0.29, 0.717) is 6.07 Å². The molecule has 0 aliphatic heterocycles. The zero-order valence-corrected chi connectivity index (χ0v) is 10.9. The Morgan fingerprint density at radius 3 is 2.58 bits per heavy atom. The summed E-state index contributed by atoms with van der Waals surface area (Å²) < 4.78 is 39.7. The van der Waals surface area contributed by atoms with Gasteiger partial charge in [0.2, 0.25) is 0 Å². The minimum atomic E-state index is -5.10. The zero-order valence-electron chi connectivity index (χ0n) is 8.77. The highest BCUT2D eigenvalue weighted by Gasteiger charge is 2.34. The van der Waals surface area contributed by atoms with Gasteiger partial charge in [-0.2, -0.15) is 0 Å². The summed E-state index contributed by atoms with van der Waals surface area (Å²) in [5, 5.41) is 19.1. The molecule has 0 saturated carbocycles. The van der Waals surface area contributed by atoms with Crippen molar-refractivity contribution in [3.05, 3.63) is 25.6 Å². The van der Waals surface area contributed by atoms with Gasteiger partial charge in [-0.3, -0.25) is 14.9 Å². The number of halogens is 4. The van der Waals surface area contributed by atoms with Crippen LogP contribution in [0, 0.1) is 13.8 Å². The monoisotopic (exact) mass is 392 g/mol. The van der Waals surface area contributed by atoms with Gasteiger partial charge in [0.25, 0.3) is 0 Å². The minimum absolute atomic E-state index is 0.228. The number of nitrogens with zero attached hydrogens (tertiary/aromatic N) is 2. The average Bonchev–Trinajstić information content (AvgIpc) is 2.18. The van der Waals surface area contributed by atoms with E-state index in [2.05, 4.69) is 9.72 Å². The van der Waals surface area contributed by atoms with E-state index in [-0.39, 0.29) is 3.70 Å². The van der Waals surface area contributed by atoms with Gasteiger partial charge >= 0.3 is 18.0 Å². The largest absolute Gasteiger partial charge is 0.573 e. The minimum Gasteiger partial charge on any atom is -0.481 e. The number of nitro groups is 1. The molecule has 0 bridgehead atoms. The van der Waals surface area contributed by atoms with Gasteiger partial charge < -0.3 is 9.84 Å². The van der Waals surface area contributed by atoms with E-state index in [9.17, 15) is 28.1 Å². The third-order valence-corrected chi connectivity index (χ3v) is 2.53. The number of ether oxygens (including phenoxy) is 1. The summed E-state index contributed by atoms with van der Waals surface area (Å²) in [6.45, 7) is 0. The van der Waals surface area contributed by atoms with Crippen molar-refractivity contribution in [1.82, 2.24) is 4.98 Å². The smallest absolute Gasteiger partial charge is 0.481 e. The average molecular weight is 392 g/mol. The van der Waals surface area contributed by atoms with Gasteiger partial charge in [-0.25, -0.2) is 4.98 Å². The maximum atomic E-state index is 12.1. The molecule has 0 spiro atoms. The molecule has 0 fully saturated rings. The Kier molecular flexibility index (Phi) is 4.49. The number of rotatable bonds is 4. The maximum Gasteiger partial charge on any atom is 0.573 e. The van der Waals surface area contributed by atoms with Crippen molar-refractivity contribution in [3.63, 3.8) is 0 Å². The summed E-state index contributed by atoms with van der Waals surface area (Å²) >= 11 is 1.42.